The van der Waals surface area contributed by atoms with Gasteiger partial charge in [0.1, 0.15) is 5.75 Å². The molecule has 0 spiro atoms. The summed E-state index contributed by atoms with van der Waals surface area (Å²) < 4.78 is 21.3. The lowest BCUT2D eigenvalue weighted by Gasteiger charge is -2.24. The van der Waals surface area contributed by atoms with Gasteiger partial charge in [0.2, 0.25) is 11.7 Å². The molecule has 1 atom stereocenters. The molecule has 6 heteroatoms. The van der Waals surface area contributed by atoms with Gasteiger partial charge in [0.15, 0.2) is 11.5 Å². The molecule has 29 heavy (non-hydrogen) atoms. The molecule has 1 amide bonds. The van der Waals surface area contributed by atoms with Crippen LogP contribution in [0.1, 0.15) is 30.0 Å². The number of rotatable bonds is 7. The van der Waals surface area contributed by atoms with Crippen molar-refractivity contribution in [2.75, 3.05) is 35.0 Å². The highest BCUT2D eigenvalue weighted by molar-refractivity contribution is 5.92. The molecular weight excluding hydrogens is 370 g/mol. The number of ether oxygens (including phenoxy) is 4. The van der Waals surface area contributed by atoms with Gasteiger partial charge in [-0.05, 0) is 54.3 Å². The van der Waals surface area contributed by atoms with E-state index in [4.69, 9.17) is 18.9 Å². The molecule has 1 aliphatic heterocycles. The molecule has 0 aliphatic carbocycles. The van der Waals surface area contributed by atoms with Crippen LogP contribution in [0.25, 0.3) is 6.08 Å². The van der Waals surface area contributed by atoms with Crippen LogP contribution in [0, 0.1) is 0 Å². The standard InChI is InChI=1S/C23H27NO5/c1-26-18-10-8-17(9-11-18)19-6-5-13-24(19)22(25)12-7-16-14-20(27-2)23(29-4)21(15-16)28-3/h7-12,14-15,19H,5-6,13H2,1-4H3/b12-7+. The van der Waals surface area contributed by atoms with Crippen LogP contribution in [-0.4, -0.2) is 45.8 Å². The van der Waals surface area contributed by atoms with Crippen molar-refractivity contribution in [1.29, 1.82) is 0 Å². The van der Waals surface area contributed by atoms with Crippen LogP contribution in [0.4, 0.5) is 0 Å². The summed E-state index contributed by atoms with van der Waals surface area (Å²) in [4.78, 5) is 14.8. The van der Waals surface area contributed by atoms with Crippen LogP contribution < -0.4 is 18.9 Å². The minimum atomic E-state index is -0.0166. The number of methoxy groups -OCH3 is 4. The first kappa shape index (κ1) is 20.6. The average molecular weight is 397 g/mol. The zero-order valence-corrected chi connectivity index (χ0v) is 17.3. The van der Waals surface area contributed by atoms with Crippen LogP contribution in [0.5, 0.6) is 23.0 Å². The molecular formula is C23H27NO5. The molecule has 0 bridgehead atoms. The van der Waals surface area contributed by atoms with Gasteiger partial charge >= 0.3 is 0 Å². The van der Waals surface area contributed by atoms with Gasteiger partial charge in [-0.15, -0.1) is 0 Å². The molecule has 0 radical (unpaired) electrons. The minimum Gasteiger partial charge on any atom is -0.497 e. The van der Waals surface area contributed by atoms with Crippen molar-refractivity contribution in [3.63, 3.8) is 0 Å². The van der Waals surface area contributed by atoms with E-state index in [1.807, 2.05) is 41.3 Å². The second-order valence-corrected chi connectivity index (χ2v) is 6.75. The fraction of sp³-hybridized carbons (Fsp3) is 0.348. The fourth-order valence-electron chi connectivity index (χ4n) is 3.66. The summed E-state index contributed by atoms with van der Waals surface area (Å²) in [6.45, 7) is 0.745. The zero-order chi connectivity index (χ0) is 20.8. The third-order valence-electron chi connectivity index (χ3n) is 5.14. The molecule has 3 rings (SSSR count). The fourth-order valence-corrected chi connectivity index (χ4v) is 3.66. The van der Waals surface area contributed by atoms with Crippen LogP contribution in [0.3, 0.4) is 0 Å². The topological polar surface area (TPSA) is 57.2 Å². The summed E-state index contributed by atoms with van der Waals surface area (Å²) >= 11 is 0. The number of amides is 1. The van der Waals surface area contributed by atoms with Gasteiger partial charge in [-0.2, -0.15) is 0 Å². The summed E-state index contributed by atoms with van der Waals surface area (Å²) in [6.07, 6.45) is 5.31. The predicted molar refractivity (Wildman–Crippen MR) is 112 cm³/mol. The molecule has 1 fully saturated rings. The van der Waals surface area contributed by atoms with Gasteiger partial charge in [0.05, 0.1) is 34.5 Å². The summed E-state index contributed by atoms with van der Waals surface area (Å²) in [5.74, 6) is 2.43. The van der Waals surface area contributed by atoms with Crippen molar-refractivity contribution in [3.8, 4) is 23.0 Å². The minimum absolute atomic E-state index is 0.0166. The first-order chi connectivity index (χ1) is 14.1. The van der Waals surface area contributed by atoms with E-state index in [1.165, 1.54) is 0 Å². The van der Waals surface area contributed by atoms with E-state index in [2.05, 4.69) is 0 Å². The van der Waals surface area contributed by atoms with E-state index in [1.54, 1.807) is 40.6 Å². The number of nitrogens with zero attached hydrogens (tertiary/aromatic N) is 1. The van der Waals surface area contributed by atoms with E-state index in [9.17, 15) is 4.79 Å². The Morgan fingerprint density at radius 3 is 2.17 bits per heavy atom. The van der Waals surface area contributed by atoms with E-state index >= 15 is 0 Å². The first-order valence-electron chi connectivity index (χ1n) is 9.54. The molecule has 154 valence electrons. The number of carbonyl (C=O) groups excluding carboxylic acids is 1. The van der Waals surface area contributed by atoms with Crippen molar-refractivity contribution in [2.24, 2.45) is 0 Å². The maximum absolute atomic E-state index is 12.9. The van der Waals surface area contributed by atoms with Gasteiger partial charge in [-0.1, -0.05) is 12.1 Å². The Morgan fingerprint density at radius 2 is 1.62 bits per heavy atom. The van der Waals surface area contributed by atoms with Crippen LogP contribution >= 0.6 is 0 Å². The Hall–Kier alpha value is -3.15. The van der Waals surface area contributed by atoms with Gasteiger partial charge in [-0.25, -0.2) is 0 Å². The van der Waals surface area contributed by atoms with Gasteiger partial charge in [0.25, 0.3) is 0 Å². The molecule has 0 aromatic heterocycles. The van der Waals surface area contributed by atoms with E-state index in [-0.39, 0.29) is 11.9 Å². The van der Waals surface area contributed by atoms with Gasteiger partial charge in [-0.3, -0.25) is 4.79 Å². The zero-order valence-electron chi connectivity index (χ0n) is 17.3. The molecule has 0 N–H and O–H groups in total. The normalized spacial score (nSPS) is 16.1. The van der Waals surface area contributed by atoms with Crippen LogP contribution in [0.2, 0.25) is 0 Å². The summed E-state index contributed by atoms with van der Waals surface area (Å²) in [5.41, 5.74) is 1.92. The third-order valence-corrected chi connectivity index (χ3v) is 5.14. The molecule has 1 heterocycles. The van der Waals surface area contributed by atoms with E-state index in [0.29, 0.717) is 17.2 Å². The largest absolute Gasteiger partial charge is 0.497 e. The summed E-state index contributed by atoms with van der Waals surface area (Å²) in [5, 5.41) is 0. The molecule has 2 aromatic carbocycles. The Balaban J connectivity index is 1.79. The van der Waals surface area contributed by atoms with Crippen LogP contribution in [-0.2, 0) is 4.79 Å². The Morgan fingerprint density at radius 1 is 0.966 bits per heavy atom. The number of hydrogen-bond donors (Lipinski definition) is 0. The number of likely N-dealkylation sites (tertiary alicyclic amines) is 1. The van der Waals surface area contributed by atoms with Crippen molar-refractivity contribution < 1.29 is 23.7 Å². The lowest BCUT2D eigenvalue weighted by Crippen LogP contribution is -2.28. The lowest BCUT2D eigenvalue weighted by atomic mass is 10.0. The Bertz CT molecular complexity index is 850. The molecule has 6 nitrogen and oxygen atoms in total. The smallest absolute Gasteiger partial charge is 0.247 e. The van der Waals surface area contributed by atoms with Crippen molar-refractivity contribution >= 4 is 12.0 Å². The van der Waals surface area contributed by atoms with E-state index in [0.717, 1.165) is 36.3 Å². The summed E-state index contributed by atoms with van der Waals surface area (Å²) in [6, 6.07) is 11.6. The van der Waals surface area contributed by atoms with Crippen LogP contribution in [0.15, 0.2) is 42.5 Å². The molecule has 0 saturated carbocycles. The number of benzene rings is 2. The van der Waals surface area contributed by atoms with Gasteiger partial charge < -0.3 is 23.8 Å². The van der Waals surface area contributed by atoms with Crippen molar-refractivity contribution in [2.45, 2.75) is 18.9 Å². The van der Waals surface area contributed by atoms with Crippen molar-refractivity contribution in [1.82, 2.24) is 4.90 Å². The Kier molecular flexibility index (Phi) is 6.65. The maximum Gasteiger partial charge on any atom is 0.247 e. The molecule has 2 aromatic rings. The SMILES string of the molecule is COc1ccc(C2CCCN2C(=O)/C=C/c2cc(OC)c(OC)c(OC)c2)cc1. The van der Waals surface area contributed by atoms with Crippen molar-refractivity contribution in [3.05, 3.63) is 53.6 Å². The van der Waals surface area contributed by atoms with Gasteiger partial charge in [0, 0.05) is 12.6 Å². The number of carbonyl (C=O) groups is 1. The first-order valence-corrected chi connectivity index (χ1v) is 9.54. The highest BCUT2D eigenvalue weighted by Crippen LogP contribution is 2.38. The highest BCUT2D eigenvalue weighted by Gasteiger charge is 2.28. The quantitative estimate of drug-likeness (QED) is 0.659. The third kappa shape index (κ3) is 4.47. The lowest BCUT2D eigenvalue weighted by molar-refractivity contribution is -0.126. The predicted octanol–water partition coefficient (Wildman–Crippen LogP) is 4.10. The average Bonchev–Trinajstić information content (AvgIpc) is 3.26. The Labute approximate surface area is 171 Å². The summed E-state index contributed by atoms with van der Waals surface area (Å²) in [7, 11) is 6.35. The molecule has 1 saturated heterocycles. The second-order valence-electron chi connectivity index (χ2n) is 6.75. The second kappa shape index (κ2) is 9.37. The number of hydrogen-bond acceptors (Lipinski definition) is 5. The molecule has 1 unspecified atom stereocenters. The highest BCUT2D eigenvalue weighted by atomic mass is 16.5. The monoisotopic (exact) mass is 397 g/mol. The van der Waals surface area contributed by atoms with E-state index < -0.39 is 0 Å². The maximum atomic E-state index is 12.9. The molecule has 1 aliphatic rings.